The van der Waals surface area contributed by atoms with Crippen LogP contribution in [0.3, 0.4) is 0 Å². The number of carboxylic acid groups (broad SMARTS) is 1. The van der Waals surface area contributed by atoms with Gasteiger partial charge in [0.15, 0.2) is 0 Å². The van der Waals surface area contributed by atoms with Crippen molar-refractivity contribution in [3.63, 3.8) is 0 Å². The van der Waals surface area contributed by atoms with Gasteiger partial charge in [-0.2, -0.15) is 5.10 Å². The number of carbonyl (C=O) groups is 2. The van der Waals surface area contributed by atoms with Crippen LogP contribution in [-0.4, -0.2) is 38.7 Å². The molecule has 1 amide bonds. The molecule has 0 spiro atoms. The summed E-state index contributed by atoms with van der Waals surface area (Å²) < 4.78 is 12.3. The van der Waals surface area contributed by atoms with Crippen molar-refractivity contribution in [3.05, 3.63) is 18.3 Å². The number of aromatic nitrogens is 2. The molecule has 0 radical (unpaired) electrons. The Kier molecular flexibility index (Phi) is 5.20. The third-order valence-corrected chi connectivity index (χ3v) is 2.95. The number of rotatable bonds is 5. The van der Waals surface area contributed by atoms with E-state index in [9.17, 15) is 9.59 Å². The first-order chi connectivity index (χ1) is 11.5. The highest BCUT2D eigenvalue weighted by molar-refractivity contribution is 5.93. The van der Waals surface area contributed by atoms with E-state index in [4.69, 9.17) is 14.6 Å². The van der Waals surface area contributed by atoms with Gasteiger partial charge in [-0.25, -0.2) is 4.79 Å². The molecule has 0 saturated carbocycles. The van der Waals surface area contributed by atoms with E-state index in [0.717, 1.165) is 0 Å². The average molecular weight is 349 g/mol. The molecule has 0 aliphatic rings. The summed E-state index contributed by atoms with van der Waals surface area (Å²) in [6.45, 7) is 8.81. The number of carboxylic acids is 1. The summed E-state index contributed by atoms with van der Waals surface area (Å²) in [6.07, 6.45) is 0.888. The Morgan fingerprint density at radius 1 is 1.32 bits per heavy atom. The number of nitrogens with one attached hydrogen (secondary N) is 1. The number of hydrogen-bond acceptors (Lipinski definition) is 5. The topological polar surface area (TPSA) is 103 Å². The zero-order valence-corrected chi connectivity index (χ0v) is 15.0. The van der Waals surface area contributed by atoms with Crippen LogP contribution >= 0.6 is 0 Å². The first kappa shape index (κ1) is 18.6. The summed E-state index contributed by atoms with van der Waals surface area (Å²) >= 11 is 0. The van der Waals surface area contributed by atoms with Crippen molar-refractivity contribution in [2.75, 3.05) is 5.32 Å². The zero-order chi connectivity index (χ0) is 18.8. The van der Waals surface area contributed by atoms with E-state index in [1.54, 1.807) is 39.1 Å². The monoisotopic (exact) mass is 349 g/mol. The lowest BCUT2D eigenvalue weighted by atomic mass is 10.2. The van der Waals surface area contributed by atoms with Gasteiger partial charge in [0, 0.05) is 17.6 Å². The highest BCUT2D eigenvalue weighted by Gasteiger charge is 2.19. The van der Waals surface area contributed by atoms with Gasteiger partial charge in [-0.15, -0.1) is 0 Å². The van der Waals surface area contributed by atoms with Gasteiger partial charge in [-0.05, 0) is 40.7 Å². The predicted octanol–water partition coefficient (Wildman–Crippen LogP) is 3.26. The Balaban J connectivity index is 2.37. The maximum absolute atomic E-state index is 12.1. The minimum absolute atomic E-state index is 0.113. The second-order valence-corrected chi connectivity index (χ2v) is 6.92. The Hall–Kier alpha value is -2.77. The minimum Gasteiger partial charge on any atom is -0.489 e. The van der Waals surface area contributed by atoms with E-state index in [2.05, 4.69) is 10.4 Å². The predicted molar refractivity (Wildman–Crippen MR) is 93.0 cm³/mol. The zero-order valence-electron chi connectivity index (χ0n) is 15.0. The molecule has 2 aromatic rings. The van der Waals surface area contributed by atoms with E-state index < -0.39 is 17.7 Å². The third-order valence-electron chi connectivity index (χ3n) is 2.95. The molecular formula is C17H23N3O5. The van der Waals surface area contributed by atoms with Crippen LogP contribution in [0.1, 0.15) is 34.6 Å². The Morgan fingerprint density at radius 2 is 2.00 bits per heavy atom. The molecule has 0 unspecified atom stereocenters. The molecule has 0 bridgehead atoms. The summed E-state index contributed by atoms with van der Waals surface area (Å²) in [5.41, 5.74) is 0.386. The number of carbonyl (C=O) groups excluding carboxylic acids is 1. The number of anilines is 1. The van der Waals surface area contributed by atoms with Crippen molar-refractivity contribution >= 4 is 28.7 Å². The number of ether oxygens (including phenoxy) is 2. The van der Waals surface area contributed by atoms with Gasteiger partial charge in [-0.1, -0.05) is 0 Å². The van der Waals surface area contributed by atoms with Crippen molar-refractivity contribution in [2.45, 2.75) is 52.9 Å². The van der Waals surface area contributed by atoms with Crippen LogP contribution in [0.2, 0.25) is 0 Å². The summed E-state index contributed by atoms with van der Waals surface area (Å²) in [5.74, 6) is -0.549. The van der Waals surface area contributed by atoms with Gasteiger partial charge in [0.1, 0.15) is 17.9 Å². The molecule has 0 aliphatic heterocycles. The number of aliphatic carboxylic acids is 1. The van der Waals surface area contributed by atoms with Crippen LogP contribution < -0.4 is 10.1 Å². The lowest BCUT2D eigenvalue weighted by molar-refractivity contribution is -0.137. The smallest absolute Gasteiger partial charge is 0.412 e. The molecule has 0 aliphatic carbocycles. The SMILES string of the molecule is CC(C)Oc1cc2nn(CC(=O)O)cc2cc1NC(=O)OC(C)(C)C. The summed E-state index contributed by atoms with van der Waals surface area (Å²) in [5, 5.41) is 16.5. The fraction of sp³-hybridized carbons (Fsp3) is 0.471. The van der Waals surface area contributed by atoms with Gasteiger partial charge in [-0.3, -0.25) is 14.8 Å². The lowest BCUT2D eigenvalue weighted by Crippen LogP contribution is -2.27. The van der Waals surface area contributed by atoms with Gasteiger partial charge < -0.3 is 14.6 Å². The molecule has 1 heterocycles. The van der Waals surface area contributed by atoms with Crippen LogP contribution in [0.15, 0.2) is 18.3 Å². The Labute approximate surface area is 145 Å². The fourth-order valence-corrected chi connectivity index (χ4v) is 2.19. The molecule has 136 valence electrons. The van der Waals surface area contributed by atoms with Crippen molar-refractivity contribution in [1.82, 2.24) is 9.78 Å². The molecule has 2 N–H and O–H groups in total. The Morgan fingerprint density at radius 3 is 2.56 bits per heavy atom. The molecule has 2 rings (SSSR count). The summed E-state index contributed by atoms with van der Waals surface area (Å²) in [7, 11) is 0. The van der Waals surface area contributed by atoms with E-state index >= 15 is 0 Å². The molecule has 8 heteroatoms. The van der Waals surface area contributed by atoms with Crippen molar-refractivity contribution < 1.29 is 24.2 Å². The highest BCUT2D eigenvalue weighted by Crippen LogP contribution is 2.31. The first-order valence-corrected chi connectivity index (χ1v) is 7.93. The molecule has 0 atom stereocenters. The van der Waals surface area contributed by atoms with Crippen molar-refractivity contribution in [2.24, 2.45) is 0 Å². The van der Waals surface area contributed by atoms with Crippen molar-refractivity contribution in [3.8, 4) is 5.75 Å². The van der Waals surface area contributed by atoms with Crippen LogP contribution in [0, 0.1) is 0 Å². The average Bonchev–Trinajstić information content (AvgIpc) is 2.76. The quantitative estimate of drug-likeness (QED) is 0.859. The second-order valence-electron chi connectivity index (χ2n) is 6.92. The number of hydrogen-bond donors (Lipinski definition) is 2. The number of fused-ring (bicyclic) bond motifs is 1. The van der Waals surface area contributed by atoms with E-state index in [0.29, 0.717) is 22.3 Å². The number of nitrogens with zero attached hydrogens (tertiary/aromatic N) is 2. The molecule has 8 nitrogen and oxygen atoms in total. The molecule has 1 aromatic carbocycles. The van der Waals surface area contributed by atoms with Crippen molar-refractivity contribution in [1.29, 1.82) is 0 Å². The largest absolute Gasteiger partial charge is 0.489 e. The summed E-state index contributed by atoms with van der Waals surface area (Å²) in [6, 6.07) is 3.35. The Bertz CT molecular complexity index is 789. The molecule has 0 fully saturated rings. The molecule has 0 saturated heterocycles. The number of amides is 1. The first-order valence-electron chi connectivity index (χ1n) is 7.93. The van der Waals surface area contributed by atoms with E-state index in [-0.39, 0.29) is 12.6 Å². The van der Waals surface area contributed by atoms with E-state index in [1.807, 2.05) is 13.8 Å². The normalized spacial score (nSPS) is 11.6. The second kappa shape index (κ2) is 7.00. The molecule has 1 aromatic heterocycles. The van der Waals surface area contributed by atoms with E-state index in [1.165, 1.54) is 4.68 Å². The van der Waals surface area contributed by atoms with Crippen LogP contribution in [0.4, 0.5) is 10.5 Å². The fourth-order valence-electron chi connectivity index (χ4n) is 2.19. The van der Waals surface area contributed by atoms with Gasteiger partial charge in [0.25, 0.3) is 0 Å². The maximum atomic E-state index is 12.1. The van der Waals surface area contributed by atoms with Crippen LogP contribution in [0.25, 0.3) is 10.9 Å². The summed E-state index contributed by atoms with van der Waals surface area (Å²) in [4.78, 5) is 22.9. The molecular weight excluding hydrogens is 326 g/mol. The number of benzene rings is 1. The third kappa shape index (κ3) is 5.37. The van der Waals surface area contributed by atoms with Gasteiger partial charge in [0.2, 0.25) is 0 Å². The standard InChI is InChI=1S/C17H23N3O5/c1-10(2)24-14-7-12-11(8-20(19-12)9-15(21)22)6-13(14)18-16(23)25-17(3,4)5/h6-8,10H,9H2,1-5H3,(H,18,23)(H,21,22). The van der Waals surface area contributed by atoms with Crippen LogP contribution in [-0.2, 0) is 16.1 Å². The lowest BCUT2D eigenvalue weighted by Gasteiger charge is -2.21. The minimum atomic E-state index is -0.987. The molecule has 25 heavy (non-hydrogen) atoms. The van der Waals surface area contributed by atoms with Gasteiger partial charge >= 0.3 is 12.1 Å². The van der Waals surface area contributed by atoms with Crippen LogP contribution in [0.5, 0.6) is 5.75 Å². The maximum Gasteiger partial charge on any atom is 0.412 e. The van der Waals surface area contributed by atoms with Gasteiger partial charge in [0.05, 0.1) is 17.3 Å². The highest BCUT2D eigenvalue weighted by atomic mass is 16.6.